The predicted octanol–water partition coefficient (Wildman–Crippen LogP) is 2.75. The summed E-state index contributed by atoms with van der Waals surface area (Å²) >= 11 is 7.37. The highest BCUT2D eigenvalue weighted by Crippen LogP contribution is 2.20. The predicted molar refractivity (Wildman–Crippen MR) is 103 cm³/mol. The largest absolute Gasteiger partial charge is 0.452 e. The molecule has 2 atom stereocenters. The molecule has 7 nitrogen and oxygen atoms in total. The van der Waals surface area contributed by atoms with E-state index in [1.807, 2.05) is 17.5 Å². The van der Waals surface area contributed by atoms with Gasteiger partial charge in [-0.1, -0.05) is 29.8 Å². The molecule has 3 amide bonds. The summed E-state index contributed by atoms with van der Waals surface area (Å²) in [6.07, 6.45) is -1.13. The van der Waals surface area contributed by atoms with E-state index in [1.54, 1.807) is 24.3 Å². The third-order valence-corrected chi connectivity index (χ3v) is 4.78. The highest BCUT2D eigenvalue weighted by molar-refractivity contribution is 7.09. The van der Waals surface area contributed by atoms with Gasteiger partial charge in [-0.25, -0.2) is 4.79 Å². The number of thiophene rings is 1. The summed E-state index contributed by atoms with van der Waals surface area (Å²) < 4.78 is 5.17. The molecule has 0 bridgehead atoms. The first-order valence-electron chi connectivity index (χ1n) is 8.16. The zero-order valence-electron chi connectivity index (χ0n) is 14.6. The minimum atomic E-state index is -0.961. The van der Waals surface area contributed by atoms with Crippen LogP contribution in [0.5, 0.6) is 0 Å². The van der Waals surface area contributed by atoms with E-state index in [4.69, 9.17) is 22.1 Å². The van der Waals surface area contributed by atoms with Crippen LogP contribution in [-0.4, -0.2) is 24.0 Å². The number of halogens is 1. The fourth-order valence-electron chi connectivity index (χ4n) is 2.32. The number of esters is 1. The topological polar surface area (TPSA) is 111 Å². The summed E-state index contributed by atoms with van der Waals surface area (Å²) in [6, 6.07) is 8.95. The van der Waals surface area contributed by atoms with Crippen molar-refractivity contribution >= 4 is 40.8 Å². The smallest absolute Gasteiger partial charge is 0.312 e. The molecule has 9 heteroatoms. The molecule has 144 valence electrons. The molecule has 0 aliphatic carbocycles. The summed E-state index contributed by atoms with van der Waals surface area (Å²) in [5, 5.41) is 7.63. The van der Waals surface area contributed by atoms with Gasteiger partial charge in [-0.3, -0.25) is 9.59 Å². The van der Waals surface area contributed by atoms with Crippen molar-refractivity contribution in [2.75, 3.05) is 0 Å². The molecule has 0 spiro atoms. The fraction of sp³-hybridized carbons (Fsp3) is 0.278. The van der Waals surface area contributed by atoms with E-state index in [0.717, 1.165) is 4.88 Å². The molecule has 1 aromatic heterocycles. The van der Waals surface area contributed by atoms with Crippen LogP contribution < -0.4 is 16.4 Å². The molecule has 2 rings (SSSR count). The maximum atomic E-state index is 12.2. The van der Waals surface area contributed by atoms with Crippen molar-refractivity contribution in [3.05, 3.63) is 57.2 Å². The van der Waals surface area contributed by atoms with E-state index in [-0.39, 0.29) is 6.42 Å². The van der Waals surface area contributed by atoms with Gasteiger partial charge in [-0.05, 0) is 36.1 Å². The van der Waals surface area contributed by atoms with Gasteiger partial charge in [0.05, 0.1) is 19.0 Å². The number of rotatable bonds is 8. The van der Waals surface area contributed by atoms with Gasteiger partial charge in [0.25, 0.3) is 5.91 Å². The second-order valence-electron chi connectivity index (χ2n) is 5.75. The second-order valence-corrected chi connectivity index (χ2v) is 7.21. The quantitative estimate of drug-likeness (QED) is 0.582. The van der Waals surface area contributed by atoms with Gasteiger partial charge in [0.15, 0.2) is 6.10 Å². The average Bonchev–Trinajstić information content (AvgIpc) is 3.12. The monoisotopic (exact) mass is 409 g/mol. The van der Waals surface area contributed by atoms with Crippen LogP contribution in [0.25, 0.3) is 0 Å². The van der Waals surface area contributed by atoms with E-state index >= 15 is 0 Å². The Morgan fingerprint density at radius 3 is 2.52 bits per heavy atom. The number of hydrogen-bond acceptors (Lipinski definition) is 5. The number of urea groups is 1. The molecule has 0 saturated carbocycles. The maximum Gasteiger partial charge on any atom is 0.312 e. The van der Waals surface area contributed by atoms with Gasteiger partial charge in [0, 0.05) is 9.90 Å². The summed E-state index contributed by atoms with van der Waals surface area (Å²) in [5.41, 5.74) is 5.82. The van der Waals surface area contributed by atoms with Crippen molar-refractivity contribution in [1.29, 1.82) is 0 Å². The Hall–Kier alpha value is -2.58. The normalized spacial score (nSPS) is 12.7. The molecular weight excluding hydrogens is 390 g/mol. The maximum absolute atomic E-state index is 12.2. The molecule has 0 radical (unpaired) electrons. The van der Waals surface area contributed by atoms with Crippen molar-refractivity contribution in [2.24, 2.45) is 5.73 Å². The summed E-state index contributed by atoms with van der Waals surface area (Å²) in [5.74, 6) is -1.04. The van der Waals surface area contributed by atoms with Crippen LogP contribution in [-0.2, 0) is 20.9 Å². The number of primary amides is 1. The van der Waals surface area contributed by atoms with Crippen LogP contribution in [0.2, 0.25) is 5.02 Å². The standard InChI is InChI=1S/C18H20ClN3O4S/c1-11(17(24)21-10-14-3-2-8-27-14)26-16(23)9-15(22-18(20)25)12-4-6-13(19)7-5-12/h2-8,11,15H,9-10H2,1H3,(H,21,24)(H3,20,22,25)/t11-,15+/m1/s1. The number of carbonyl (C=O) groups is 3. The zero-order valence-corrected chi connectivity index (χ0v) is 16.2. The minimum absolute atomic E-state index is 0.173. The van der Waals surface area contributed by atoms with E-state index in [9.17, 15) is 14.4 Å². The molecule has 0 aliphatic heterocycles. The second kappa shape index (κ2) is 9.94. The first kappa shape index (κ1) is 20.7. The summed E-state index contributed by atoms with van der Waals surface area (Å²) in [7, 11) is 0. The van der Waals surface area contributed by atoms with E-state index in [1.165, 1.54) is 18.3 Å². The Morgan fingerprint density at radius 1 is 1.22 bits per heavy atom. The molecule has 2 aromatic rings. The molecule has 0 fully saturated rings. The number of amides is 3. The van der Waals surface area contributed by atoms with Crippen LogP contribution in [0.1, 0.15) is 29.8 Å². The molecule has 0 aliphatic rings. The molecule has 0 unspecified atom stereocenters. The van der Waals surface area contributed by atoms with Crippen molar-refractivity contribution in [3.63, 3.8) is 0 Å². The van der Waals surface area contributed by atoms with Gasteiger partial charge in [0.2, 0.25) is 0 Å². The van der Waals surface area contributed by atoms with Crippen molar-refractivity contribution in [1.82, 2.24) is 10.6 Å². The average molecular weight is 410 g/mol. The Bertz CT molecular complexity index is 780. The van der Waals surface area contributed by atoms with Crippen molar-refractivity contribution in [3.8, 4) is 0 Å². The zero-order chi connectivity index (χ0) is 19.8. The van der Waals surface area contributed by atoms with Crippen LogP contribution in [0.3, 0.4) is 0 Å². The number of carbonyl (C=O) groups excluding carboxylic acids is 3. The lowest BCUT2D eigenvalue weighted by molar-refractivity contribution is -0.155. The van der Waals surface area contributed by atoms with Gasteiger partial charge < -0.3 is 21.1 Å². The van der Waals surface area contributed by atoms with Crippen molar-refractivity contribution in [2.45, 2.75) is 32.0 Å². The van der Waals surface area contributed by atoms with E-state index < -0.39 is 30.1 Å². The first-order valence-corrected chi connectivity index (χ1v) is 9.42. The third kappa shape index (κ3) is 6.92. The van der Waals surface area contributed by atoms with Gasteiger partial charge >= 0.3 is 12.0 Å². The lowest BCUT2D eigenvalue weighted by Gasteiger charge is -2.19. The summed E-state index contributed by atoms with van der Waals surface area (Å²) in [4.78, 5) is 36.5. The molecule has 27 heavy (non-hydrogen) atoms. The van der Waals surface area contributed by atoms with Crippen molar-refractivity contribution < 1.29 is 19.1 Å². The molecule has 0 saturated heterocycles. The van der Waals surface area contributed by atoms with Crippen LogP contribution in [0.15, 0.2) is 41.8 Å². The molecular formula is C18H20ClN3O4S. The lowest BCUT2D eigenvalue weighted by Crippen LogP contribution is -2.37. The summed E-state index contributed by atoms with van der Waals surface area (Å²) in [6.45, 7) is 1.86. The Kier molecular flexibility index (Phi) is 7.63. The molecule has 1 heterocycles. The number of benzene rings is 1. The van der Waals surface area contributed by atoms with E-state index in [0.29, 0.717) is 17.1 Å². The number of nitrogens with one attached hydrogen (secondary N) is 2. The SMILES string of the molecule is C[C@@H](OC(=O)C[C@H](NC(N)=O)c1ccc(Cl)cc1)C(=O)NCc1cccs1. The number of ether oxygens (including phenoxy) is 1. The van der Waals surface area contributed by atoms with Gasteiger partial charge in [0.1, 0.15) is 0 Å². The molecule has 4 N–H and O–H groups in total. The lowest BCUT2D eigenvalue weighted by atomic mass is 10.0. The van der Waals surface area contributed by atoms with Crippen LogP contribution >= 0.6 is 22.9 Å². The number of nitrogens with two attached hydrogens (primary N) is 1. The van der Waals surface area contributed by atoms with Crippen LogP contribution in [0.4, 0.5) is 4.79 Å². The Labute approximate surface area is 165 Å². The number of hydrogen-bond donors (Lipinski definition) is 3. The van der Waals surface area contributed by atoms with Crippen LogP contribution in [0, 0.1) is 0 Å². The first-order chi connectivity index (χ1) is 12.8. The molecule has 1 aromatic carbocycles. The Balaban J connectivity index is 1.90. The third-order valence-electron chi connectivity index (χ3n) is 3.65. The minimum Gasteiger partial charge on any atom is -0.452 e. The van der Waals surface area contributed by atoms with Gasteiger partial charge in [-0.2, -0.15) is 0 Å². The van der Waals surface area contributed by atoms with Gasteiger partial charge in [-0.15, -0.1) is 11.3 Å². The Morgan fingerprint density at radius 2 is 1.93 bits per heavy atom. The highest BCUT2D eigenvalue weighted by atomic mass is 35.5. The van der Waals surface area contributed by atoms with E-state index in [2.05, 4.69) is 10.6 Å². The highest BCUT2D eigenvalue weighted by Gasteiger charge is 2.22. The fourth-order valence-corrected chi connectivity index (χ4v) is 3.09.